The Morgan fingerprint density at radius 2 is 2.00 bits per heavy atom. The van der Waals surface area contributed by atoms with Gasteiger partial charge in [0.25, 0.3) is 5.91 Å². The summed E-state index contributed by atoms with van der Waals surface area (Å²) in [6.45, 7) is 0. The van der Waals surface area contributed by atoms with Crippen LogP contribution < -0.4 is 9.88 Å². The first-order valence-electron chi connectivity index (χ1n) is 4.83. The molecule has 0 aliphatic rings. The van der Waals surface area contributed by atoms with Crippen LogP contribution in [0.3, 0.4) is 0 Å². The van der Waals surface area contributed by atoms with E-state index in [-0.39, 0.29) is 5.91 Å². The van der Waals surface area contributed by atoms with Gasteiger partial charge in [0.15, 0.2) is 6.20 Å². The maximum atomic E-state index is 11.7. The number of hydrogen-bond donors (Lipinski definition) is 1. The zero-order chi connectivity index (χ0) is 10.8. The van der Waals surface area contributed by atoms with Crippen molar-refractivity contribution in [2.75, 3.05) is 7.05 Å². The van der Waals surface area contributed by atoms with Crippen LogP contribution >= 0.6 is 0 Å². The van der Waals surface area contributed by atoms with Crippen molar-refractivity contribution in [1.82, 2.24) is 5.32 Å². The summed E-state index contributed by atoms with van der Waals surface area (Å²) in [7, 11) is 3.58. The first kappa shape index (κ1) is 9.65. The summed E-state index contributed by atoms with van der Waals surface area (Å²) < 4.78 is 1.96. The molecule has 3 heteroatoms. The minimum atomic E-state index is -0.0533. The van der Waals surface area contributed by atoms with Crippen molar-refractivity contribution in [1.29, 1.82) is 0 Å². The Morgan fingerprint density at radius 1 is 1.27 bits per heavy atom. The summed E-state index contributed by atoms with van der Waals surface area (Å²) in [5.74, 6) is -0.0533. The van der Waals surface area contributed by atoms with Crippen LogP contribution in [0.4, 0.5) is 0 Å². The van der Waals surface area contributed by atoms with E-state index in [1.165, 1.54) is 0 Å². The van der Waals surface area contributed by atoms with Crippen LogP contribution in [0.1, 0.15) is 10.4 Å². The van der Waals surface area contributed by atoms with Crippen molar-refractivity contribution in [3.05, 3.63) is 42.1 Å². The zero-order valence-corrected chi connectivity index (χ0v) is 8.82. The Bertz CT molecular complexity index is 515. The molecule has 2 rings (SSSR count). The molecular formula is C12H13N2O+. The van der Waals surface area contributed by atoms with E-state index in [9.17, 15) is 4.79 Å². The first-order valence-corrected chi connectivity index (χ1v) is 4.83. The number of amides is 1. The predicted molar refractivity (Wildman–Crippen MR) is 58.5 cm³/mol. The van der Waals surface area contributed by atoms with E-state index in [4.69, 9.17) is 0 Å². The molecule has 1 amide bonds. The number of hydrogen-bond acceptors (Lipinski definition) is 1. The van der Waals surface area contributed by atoms with Crippen molar-refractivity contribution in [3.8, 4) is 0 Å². The monoisotopic (exact) mass is 201 g/mol. The minimum absolute atomic E-state index is 0.0533. The fourth-order valence-corrected chi connectivity index (χ4v) is 1.76. The van der Waals surface area contributed by atoms with Gasteiger partial charge in [-0.15, -0.1) is 0 Å². The number of benzene rings is 1. The summed E-state index contributed by atoms with van der Waals surface area (Å²) in [4.78, 5) is 11.7. The molecule has 0 atom stereocenters. The van der Waals surface area contributed by atoms with Gasteiger partial charge in [0, 0.05) is 18.5 Å². The largest absolute Gasteiger partial charge is 0.355 e. The lowest BCUT2D eigenvalue weighted by atomic mass is 10.1. The lowest BCUT2D eigenvalue weighted by molar-refractivity contribution is -0.645. The number of aromatic nitrogens is 1. The van der Waals surface area contributed by atoms with Crippen molar-refractivity contribution < 1.29 is 9.36 Å². The number of fused-ring (bicyclic) bond motifs is 1. The lowest BCUT2D eigenvalue weighted by Gasteiger charge is -2.02. The molecule has 1 aromatic heterocycles. The smallest absolute Gasteiger partial charge is 0.257 e. The highest BCUT2D eigenvalue weighted by Gasteiger charge is 2.15. The topological polar surface area (TPSA) is 33.0 Å². The molecule has 76 valence electrons. The Kier molecular flexibility index (Phi) is 2.37. The number of pyridine rings is 1. The Morgan fingerprint density at radius 3 is 2.73 bits per heavy atom. The third-order valence-electron chi connectivity index (χ3n) is 2.48. The highest BCUT2D eigenvalue weighted by Crippen LogP contribution is 2.13. The van der Waals surface area contributed by atoms with Gasteiger partial charge in [0.05, 0.1) is 0 Å². The number of carbonyl (C=O) groups excluding carboxylic acids is 1. The number of aryl methyl sites for hydroxylation is 1. The molecule has 0 saturated carbocycles. The molecule has 3 nitrogen and oxygen atoms in total. The van der Waals surface area contributed by atoms with E-state index < -0.39 is 0 Å². The molecule has 1 N–H and O–H groups in total. The molecule has 15 heavy (non-hydrogen) atoms. The van der Waals surface area contributed by atoms with Crippen LogP contribution in [0.15, 0.2) is 36.5 Å². The van der Waals surface area contributed by atoms with Gasteiger partial charge in [-0.2, -0.15) is 0 Å². The third-order valence-corrected chi connectivity index (χ3v) is 2.48. The summed E-state index contributed by atoms with van der Waals surface area (Å²) in [5.41, 5.74) is 1.66. The summed E-state index contributed by atoms with van der Waals surface area (Å²) in [6.07, 6.45) is 1.94. The van der Waals surface area contributed by atoms with Crippen molar-refractivity contribution in [2.45, 2.75) is 0 Å². The SMILES string of the molecule is CNC(=O)c1cccc2ccc[n+](C)c12. The molecule has 1 aromatic carbocycles. The molecule has 0 unspecified atom stereocenters. The van der Waals surface area contributed by atoms with Gasteiger partial charge in [-0.25, -0.2) is 4.57 Å². The first-order chi connectivity index (χ1) is 7.24. The van der Waals surface area contributed by atoms with E-state index in [0.29, 0.717) is 5.56 Å². The number of rotatable bonds is 1. The molecule has 1 heterocycles. The summed E-state index contributed by atoms with van der Waals surface area (Å²) in [5, 5.41) is 3.72. The van der Waals surface area contributed by atoms with Crippen molar-refractivity contribution in [3.63, 3.8) is 0 Å². The third kappa shape index (κ3) is 1.56. The molecule has 0 fully saturated rings. The quantitative estimate of drug-likeness (QED) is 0.687. The van der Waals surface area contributed by atoms with Crippen LogP contribution in [0.25, 0.3) is 10.9 Å². The molecule has 0 saturated heterocycles. The average Bonchev–Trinajstić information content (AvgIpc) is 2.28. The Hall–Kier alpha value is -1.90. The van der Waals surface area contributed by atoms with Crippen LogP contribution in [0, 0.1) is 0 Å². The number of carbonyl (C=O) groups is 1. The van der Waals surface area contributed by atoms with E-state index in [1.54, 1.807) is 7.05 Å². The molecular weight excluding hydrogens is 188 g/mol. The van der Waals surface area contributed by atoms with Crippen LogP contribution in [-0.2, 0) is 7.05 Å². The maximum Gasteiger partial charge on any atom is 0.257 e. The van der Waals surface area contributed by atoms with Crippen LogP contribution in [-0.4, -0.2) is 13.0 Å². The number of para-hydroxylation sites is 1. The second-order valence-electron chi connectivity index (χ2n) is 3.44. The summed E-state index contributed by atoms with van der Waals surface area (Å²) >= 11 is 0. The molecule has 0 aliphatic heterocycles. The highest BCUT2D eigenvalue weighted by molar-refractivity contribution is 6.04. The number of nitrogens with zero attached hydrogens (tertiary/aromatic N) is 1. The Balaban J connectivity index is 2.80. The van der Waals surface area contributed by atoms with Gasteiger partial charge in [0.1, 0.15) is 12.6 Å². The van der Waals surface area contributed by atoms with E-state index in [1.807, 2.05) is 48.1 Å². The summed E-state index contributed by atoms with van der Waals surface area (Å²) in [6, 6.07) is 9.70. The van der Waals surface area contributed by atoms with Crippen LogP contribution in [0.5, 0.6) is 0 Å². The van der Waals surface area contributed by atoms with E-state index >= 15 is 0 Å². The maximum absolute atomic E-state index is 11.7. The van der Waals surface area contributed by atoms with Crippen molar-refractivity contribution >= 4 is 16.8 Å². The zero-order valence-electron chi connectivity index (χ0n) is 8.82. The van der Waals surface area contributed by atoms with Gasteiger partial charge < -0.3 is 5.32 Å². The van der Waals surface area contributed by atoms with Gasteiger partial charge in [-0.3, -0.25) is 4.79 Å². The van der Waals surface area contributed by atoms with Crippen LogP contribution in [0.2, 0.25) is 0 Å². The fourth-order valence-electron chi connectivity index (χ4n) is 1.76. The van der Waals surface area contributed by atoms with Crippen molar-refractivity contribution in [2.24, 2.45) is 7.05 Å². The normalized spacial score (nSPS) is 10.3. The lowest BCUT2D eigenvalue weighted by Crippen LogP contribution is -2.31. The van der Waals surface area contributed by atoms with Gasteiger partial charge in [-0.05, 0) is 18.2 Å². The second kappa shape index (κ2) is 3.69. The van der Waals surface area contributed by atoms with Gasteiger partial charge in [-0.1, -0.05) is 6.07 Å². The standard InChI is InChI=1S/C12H12N2O/c1-13-12(15)10-7-3-5-9-6-4-8-14(2)11(9)10/h3-8H,1-2H3/p+1. The average molecular weight is 201 g/mol. The van der Waals surface area contributed by atoms with E-state index in [2.05, 4.69) is 5.32 Å². The molecule has 0 radical (unpaired) electrons. The number of nitrogens with one attached hydrogen (secondary N) is 1. The minimum Gasteiger partial charge on any atom is -0.355 e. The Labute approximate surface area is 88.3 Å². The predicted octanol–water partition coefficient (Wildman–Crippen LogP) is 1.02. The van der Waals surface area contributed by atoms with E-state index in [0.717, 1.165) is 10.9 Å². The molecule has 0 aliphatic carbocycles. The highest BCUT2D eigenvalue weighted by atomic mass is 16.1. The molecule has 2 aromatic rings. The molecule has 0 spiro atoms. The van der Waals surface area contributed by atoms with Gasteiger partial charge >= 0.3 is 0 Å². The fraction of sp³-hybridized carbons (Fsp3) is 0.167. The van der Waals surface area contributed by atoms with Gasteiger partial charge in [0.2, 0.25) is 5.52 Å². The second-order valence-corrected chi connectivity index (χ2v) is 3.44. The molecule has 0 bridgehead atoms.